The molecule has 0 fully saturated rings. The molecular weight excluding hydrogens is 190 g/mol. The maximum atomic E-state index is 9.76. The van der Waals surface area contributed by atoms with Gasteiger partial charge < -0.3 is 5.11 Å². The third kappa shape index (κ3) is 13.3. The summed E-state index contributed by atoms with van der Waals surface area (Å²) in [6.45, 7) is 0.969. The first-order chi connectivity index (χ1) is 7.41. The topological polar surface area (TPSA) is 49.7 Å². The molecule has 0 unspecified atom stereocenters. The summed E-state index contributed by atoms with van der Waals surface area (Å²) in [5.41, 5.74) is 0. The Morgan fingerprint density at radius 2 is 1.27 bits per heavy atom. The molecule has 0 saturated heterocycles. The molecule has 0 saturated carbocycles. The Morgan fingerprint density at radius 3 is 1.73 bits per heavy atom. The van der Waals surface area contributed by atoms with Gasteiger partial charge in [0.15, 0.2) is 0 Å². The van der Waals surface area contributed by atoms with Crippen molar-refractivity contribution in [1.82, 2.24) is 0 Å². The third-order valence-corrected chi connectivity index (χ3v) is 2.49. The van der Waals surface area contributed by atoms with E-state index in [2.05, 4.69) is 4.99 Å². The number of carbonyl (C=O) groups excluding carboxylic acids is 1. The van der Waals surface area contributed by atoms with Gasteiger partial charge >= 0.3 is 0 Å². The van der Waals surface area contributed by atoms with Crippen LogP contribution >= 0.6 is 0 Å². The molecule has 15 heavy (non-hydrogen) atoms. The van der Waals surface area contributed by atoms with Crippen molar-refractivity contribution in [2.24, 2.45) is 4.99 Å². The van der Waals surface area contributed by atoms with Crippen molar-refractivity contribution < 1.29 is 9.90 Å². The summed E-state index contributed by atoms with van der Waals surface area (Å²) >= 11 is 0. The van der Waals surface area contributed by atoms with Gasteiger partial charge in [-0.2, -0.15) is 0 Å². The van der Waals surface area contributed by atoms with Crippen LogP contribution < -0.4 is 0 Å². The minimum absolute atomic E-state index is 0.331. The van der Waals surface area contributed by atoms with Crippen LogP contribution in [0.25, 0.3) is 0 Å². The Morgan fingerprint density at radius 1 is 0.800 bits per heavy atom. The number of isocyanates is 1. The van der Waals surface area contributed by atoms with Crippen LogP contribution in [0.1, 0.15) is 57.8 Å². The van der Waals surface area contributed by atoms with Gasteiger partial charge in [0.25, 0.3) is 0 Å². The smallest absolute Gasteiger partial charge is 0.234 e. The van der Waals surface area contributed by atoms with Gasteiger partial charge in [0.05, 0.1) is 6.54 Å². The second-order valence-corrected chi connectivity index (χ2v) is 3.88. The lowest BCUT2D eigenvalue weighted by atomic mass is 10.1. The molecule has 1 N–H and O–H groups in total. The lowest BCUT2D eigenvalue weighted by Gasteiger charge is -2.00. The van der Waals surface area contributed by atoms with Gasteiger partial charge in [0.2, 0.25) is 6.08 Å². The van der Waals surface area contributed by atoms with E-state index in [4.69, 9.17) is 5.11 Å². The second-order valence-electron chi connectivity index (χ2n) is 3.88. The first-order valence-corrected chi connectivity index (χ1v) is 6.06. The van der Waals surface area contributed by atoms with Gasteiger partial charge in [0, 0.05) is 6.61 Å². The van der Waals surface area contributed by atoms with E-state index in [1.807, 2.05) is 0 Å². The van der Waals surface area contributed by atoms with E-state index in [1.54, 1.807) is 6.08 Å². The van der Waals surface area contributed by atoms with Crippen LogP contribution in [0.5, 0.6) is 0 Å². The molecule has 0 aliphatic heterocycles. The fourth-order valence-corrected chi connectivity index (χ4v) is 1.59. The number of unbranched alkanes of at least 4 members (excludes halogenated alkanes) is 8. The van der Waals surface area contributed by atoms with Crippen LogP contribution in [0.15, 0.2) is 4.99 Å². The third-order valence-electron chi connectivity index (χ3n) is 2.49. The summed E-state index contributed by atoms with van der Waals surface area (Å²) in [4.78, 5) is 13.3. The van der Waals surface area contributed by atoms with Crippen molar-refractivity contribution in [3.8, 4) is 0 Å². The Hall–Kier alpha value is -0.660. The number of rotatable bonds is 11. The SMILES string of the molecule is O=C=NCCCCCCCCCCCO. The lowest BCUT2D eigenvalue weighted by molar-refractivity contribution is 0.282. The van der Waals surface area contributed by atoms with Crippen molar-refractivity contribution in [3.63, 3.8) is 0 Å². The van der Waals surface area contributed by atoms with Gasteiger partial charge in [-0.1, -0.05) is 44.9 Å². The molecule has 0 radical (unpaired) electrons. The van der Waals surface area contributed by atoms with Crippen molar-refractivity contribution in [2.75, 3.05) is 13.2 Å². The van der Waals surface area contributed by atoms with E-state index in [9.17, 15) is 4.79 Å². The largest absolute Gasteiger partial charge is 0.396 e. The van der Waals surface area contributed by atoms with E-state index in [1.165, 1.54) is 38.5 Å². The van der Waals surface area contributed by atoms with Gasteiger partial charge in [-0.15, -0.1) is 0 Å². The maximum absolute atomic E-state index is 9.76. The zero-order valence-corrected chi connectivity index (χ0v) is 9.58. The van der Waals surface area contributed by atoms with Crippen molar-refractivity contribution in [3.05, 3.63) is 0 Å². The molecule has 0 amide bonds. The molecule has 0 bridgehead atoms. The van der Waals surface area contributed by atoms with Crippen LogP contribution in [0.2, 0.25) is 0 Å². The minimum Gasteiger partial charge on any atom is -0.396 e. The summed E-state index contributed by atoms with van der Waals surface area (Å²) in [7, 11) is 0. The highest BCUT2D eigenvalue weighted by Gasteiger charge is 1.91. The molecule has 0 spiro atoms. The fourth-order valence-electron chi connectivity index (χ4n) is 1.59. The number of aliphatic hydroxyl groups is 1. The number of hydrogen-bond donors (Lipinski definition) is 1. The summed E-state index contributed by atoms with van der Waals surface area (Å²) in [5, 5.41) is 8.57. The number of hydrogen-bond acceptors (Lipinski definition) is 3. The highest BCUT2D eigenvalue weighted by Crippen LogP contribution is 2.09. The number of nitrogens with zero attached hydrogens (tertiary/aromatic N) is 1. The second kappa shape index (κ2) is 13.3. The van der Waals surface area contributed by atoms with Crippen molar-refractivity contribution in [2.45, 2.75) is 57.8 Å². The molecule has 0 heterocycles. The quantitative estimate of drug-likeness (QED) is 0.326. The fraction of sp³-hybridized carbons (Fsp3) is 0.917. The van der Waals surface area contributed by atoms with E-state index in [-0.39, 0.29) is 0 Å². The molecule has 0 aromatic heterocycles. The highest BCUT2D eigenvalue weighted by atomic mass is 16.2. The van der Waals surface area contributed by atoms with E-state index in [0.717, 1.165) is 19.3 Å². The summed E-state index contributed by atoms with van der Waals surface area (Å²) < 4.78 is 0. The summed E-state index contributed by atoms with van der Waals surface area (Å²) in [5.74, 6) is 0. The molecule has 0 rings (SSSR count). The summed E-state index contributed by atoms with van der Waals surface area (Å²) in [6, 6.07) is 0. The van der Waals surface area contributed by atoms with Gasteiger partial charge in [0.1, 0.15) is 0 Å². The zero-order chi connectivity index (χ0) is 11.2. The molecular formula is C12H23NO2. The van der Waals surface area contributed by atoms with Crippen LogP contribution in [-0.4, -0.2) is 24.3 Å². The van der Waals surface area contributed by atoms with Gasteiger partial charge in [-0.05, 0) is 12.8 Å². The van der Waals surface area contributed by atoms with Crippen LogP contribution in [0.3, 0.4) is 0 Å². The molecule has 3 nitrogen and oxygen atoms in total. The molecule has 3 heteroatoms. The first kappa shape index (κ1) is 14.3. The Labute approximate surface area is 92.6 Å². The molecule has 0 aliphatic rings. The van der Waals surface area contributed by atoms with E-state index < -0.39 is 0 Å². The molecule has 0 aromatic carbocycles. The normalized spacial score (nSPS) is 9.93. The zero-order valence-electron chi connectivity index (χ0n) is 9.58. The van der Waals surface area contributed by atoms with Crippen LogP contribution in [0.4, 0.5) is 0 Å². The van der Waals surface area contributed by atoms with Crippen molar-refractivity contribution >= 4 is 6.08 Å². The monoisotopic (exact) mass is 213 g/mol. The first-order valence-electron chi connectivity index (χ1n) is 6.06. The Kier molecular flexibility index (Phi) is 12.8. The minimum atomic E-state index is 0.331. The Bertz CT molecular complexity index is 165. The maximum Gasteiger partial charge on any atom is 0.234 e. The van der Waals surface area contributed by atoms with E-state index >= 15 is 0 Å². The van der Waals surface area contributed by atoms with Crippen LogP contribution in [-0.2, 0) is 4.79 Å². The highest BCUT2D eigenvalue weighted by molar-refractivity contribution is 5.32. The molecule has 0 aromatic rings. The average Bonchev–Trinajstić information content (AvgIpc) is 2.26. The predicted octanol–water partition coefficient (Wildman–Crippen LogP) is 2.83. The number of aliphatic hydroxyl groups excluding tert-OH is 1. The molecule has 88 valence electrons. The van der Waals surface area contributed by atoms with Crippen molar-refractivity contribution in [1.29, 1.82) is 0 Å². The summed E-state index contributed by atoms with van der Waals surface area (Å²) in [6.07, 6.45) is 12.2. The average molecular weight is 213 g/mol. The molecule has 0 atom stereocenters. The van der Waals surface area contributed by atoms with Gasteiger partial charge in [-0.3, -0.25) is 0 Å². The Balaban J connectivity index is 2.89. The molecule has 0 aliphatic carbocycles. The predicted molar refractivity (Wildman–Crippen MR) is 61.6 cm³/mol. The van der Waals surface area contributed by atoms with Gasteiger partial charge in [-0.25, -0.2) is 9.79 Å². The van der Waals surface area contributed by atoms with Crippen LogP contribution in [0, 0.1) is 0 Å². The van der Waals surface area contributed by atoms with E-state index in [0.29, 0.717) is 13.2 Å². The lowest BCUT2D eigenvalue weighted by Crippen LogP contribution is -1.85. The standard InChI is InChI=1S/C12H23NO2/c14-11-9-7-5-3-1-2-4-6-8-10-13-12-15/h14H,1-11H2. The number of aliphatic imine (C=N–C) groups is 1.